The van der Waals surface area contributed by atoms with E-state index in [2.05, 4.69) is 9.97 Å². The molecule has 2 unspecified atom stereocenters. The summed E-state index contributed by atoms with van der Waals surface area (Å²) in [4.78, 5) is 7.68. The van der Waals surface area contributed by atoms with Crippen molar-refractivity contribution in [2.24, 2.45) is 0 Å². The first kappa shape index (κ1) is 21.2. The Kier molecular flexibility index (Phi) is 5.11. The zero-order chi connectivity index (χ0) is 23.4. The van der Waals surface area contributed by atoms with Crippen LogP contribution in [0.4, 0.5) is 0 Å². The van der Waals surface area contributed by atoms with Gasteiger partial charge in [0, 0.05) is 5.56 Å². The number of imidazole rings is 1. The lowest BCUT2D eigenvalue weighted by atomic mass is 9.99. The van der Waals surface area contributed by atoms with E-state index in [0.717, 1.165) is 16.6 Å². The number of aliphatic hydroxyl groups excluding tert-OH is 1. The topological polar surface area (TPSA) is 117 Å². The number of aliphatic hydroxyl groups is 1. The first-order valence-electron chi connectivity index (χ1n) is 10.9. The van der Waals surface area contributed by atoms with Gasteiger partial charge in [0.2, 0.25) is 0 Å². The summed E-state index contributed by atoms with van der Waals surface area (Å²) in [5, 5.41) is 30.7. The molecule has 0 aliphatic carbocycles. The number of nitrogens with one attached hydrogen (secondary N) is 1. The van der Waals surface area contributed by atoms with Gasteiger partial charge in [-0.2, -0.15) is 4.98 Å². The number of nitrogens with zero attached hydrogens (tertiary/aromatic N) is 1. The first-order valence-corrected chi connectivity index (χ1v) is 11.2. The molecule has 2 aliphatic heterocycles. The van der Waals surface area contributed by atoms with Gasteiger partial charge in [-0.1, -0.05) is 41.9 Å². The van der Waals surface area contributed by atoms with Gasteiger partial charge >= 0.3 is 0 Å². The van der Waals surface area contributed by atoms with Crippen molar-refractivity contribution in [2.45, 2.75) is 24.4 Å². The molecule has 9 heteroatoms. The fourth-order valence-corrected chi connectivity index (χ4v) is 4.89. The van der Waals surface area contributed by atoms with E-state index < -0.39 is 6.10 Å². The zero-order valence-corrected chi connectivity index (χ0v) is 18.6. The van der Waals surface area contributed by atoms with Crippen LogP contribution in [0.3, 0.4) is 0 Å². The molecule has 4 aromatic rings. The second-order valence-electron chi connectivity index (χ2n) is 8.46. The summed E-state index contributed by atoms with van der Waals surface area (Å²) < 4.78 is 17.2. The van der Waals surface area contributed by atoms with Gasteiger partial charge in [-0.15, -0.1) is 0 Å². The van der Waals surface area contributed by atoms with Crippen molar-refractivity contribution in [1.82, 2.24) is 9.97 Å². The molecule has 0 bridgehead atoms. The van der Waals surface area contributed by atoms with Crippen molar-refractivity contribution in [2.75, 3.05) is 13.2 Å². The van der Waals surface area contributed by atoms with Crippen LogP contribution in [0.5, 0.6) is 17.5 Å². The van der Waals surface area contributed by atoms with Gasteiger partial charge in [-0.05, 0) is 35.4 Å². The largest absolute Gasteiger partial charge is 0.507 e. The predicted octanol–water partition coefficient (Wildman–Crippen LogP) is 3.87. The van der Waals surface area contributed by atoms with Crippen LogP contribution < -0.4 is 4.74 Å². The molecule has 3 aromatic carbocycles. The van der Waals surface area contributed by atoms with Gasteiger partial charge in [0.1, 0.15) is 29.8 Å². The Morgan fingerprint density at radius 2 is 1.65 bits per heavy atom. The summed E-state index contributed by atoms with van der Waals surface area (Å²) in [7, 11) is 0. The minimum atomic E-state index is -0.642. The van der Waals surface area contributed by atoms with Crippen molar-refractivity contribution in [3.05, 3.63) is 59.6 Å². The third-order valence-electron chi connectivity index (χ3n) is 6.30. The normalized spacial score (nSPS) is 23.9. The molecule has 174 valence electrons. The van der Waals surface area contributed by atoms with E-state index in [1.807, 2.05) is 30.3 Å². The SMILES string of the molecule is Oc1cccc(O)c1-c1ccc(-c2cc3nc(OC4CO[C@H]5C4OC[C@H]5O)[nH]c3cc2Cl)cc1. The van der Waals surface area contributed by atoms with Crippen LogP contribution >= 0.6 is 11.6 Å². The highest BCUT2D eigenvalue weighted by Gasteiger charge is 2.48. The standard InChI is InChI=1S/C25H21ClN2O6/c26-15-9-17-16(27-25(28-17)34-21-11-33-23-20(31)10-32-24(21)23)8-14(15)12-4-6-13(7-5-12)22-18(29)2-1-3-19(22)30/h1-9,20-21,23-24,29-31H,10-11H2,(H,27,28)/t20-,21?,23-,24?/m1/s1. The molecule has 2 fully saturated rings. The minimum absolute atomic E-state index is 0.00718. The fourth-order valence-electron chi connectivity index (χ4n) is 4.61. The van der Waals surface area contributed by atoms with Crippen LogP contribution in [0.2, 0.25) is 5.02 Å². The van der Waals surface area contributed by atoms with E-state index in [0.29, 0.717) is 34.3 Å². The van der Waals surface area contributed by atoms with Crippen molar-refractivity contribution >= 4 is 22.6 Å². The molecule has 4 atom stereocenters. The number of rotatable bonds is 4. The summed E-state index contributed by atoms with van der Waals surface area (Å²) in [6.45, 7) is 0.547. The number of hydrogen-bond donors (Lipinski definition) is 4. The van der Waals surface area contributed by atoms with E-state index in [4.69, 9.17) is 25.8 Å². The third kappa shape index (κ3) is 3.56. The third-order valence-corrected chi connectivity index (χ3v) is 6.61. The molecule has 34 heavy (non-hydrogen) atoms. The number of aromatic hydroxyl groups is 2. The Labute approximate surface area is 199 Å². The van der Waals surface area contributed by atoms with Crippen molar-refractivity contribution in [3.63, 3.8) is 0 Å². The second kappa shape index (κ2) is 8.18. The number of phenolic OH excluding ortho intramolecular Hbond substituents is 2. The van der Waals surface area contributed by atoms with Gasteiger partial charge in [0.05, 0.1) is 34.8 Å². The molecule has 8 nitrogen and oxygen atoms in total. The number of ether oxygens (including phenoxy) is 3. The Bertz CT molecular complexity index is 1350. The number of aromatic nitrogens is 2. The molecule has 4 N–H and O–H groups in total. The van der Waals surface area contributed by atoms with Crippen molar-refractivity contribution in [3.8, 4) is 39.8 Å². The molecule has 0 spiro atoms. The lowest BCUT2D eigenvalue weighted by Gasteiger charge is -2.15. The Morgan fingerprint density at radius 1 is 0.941 bits per heavy atom. The Hall–Kier alpha value is -3.30. The summed E-state index contributed by atoms with van der Waals surface area (Å²) in [5.74, 6) is 0.0144. The van der Waals surface area contributed by atoms with Crippen molar-refractivity contribution < 1.29 is 29.5 Å². The molecule has 0 radical (unpaired) electrons. The summed E-state index contributed by atoms with van der Waals surface area (Å²) in [5.41, 5.74) is 4.11. The van der Waals surface area contributed by atoms with E-state index in [1.165, 1.54) is 12.1 Å². The monoisotopic (exact) mass is 480 g/mol. The predicted molar refractivity (Wildman–Crippen MR) is 125 cm³/mol. The highest BCUT2D eigenvalue weighted by molar-refractivity contribution is 6.34. The van der Waals surface area contributed by atoms with Gasteiger partial charge in [0.15, 0.2) is 6.10 Å². The van der Waals surface area contributed by atoms with Crippen LogP contribution in [0.15, 0.2) is 54.6 Å². The lowest BCUT2D eigenvalue weighted by Crippen LogP contribution is -2.34. The molecule has 3 heterocycles. The highest BCUT2D eigenvalue weighted by Crippen LogP contribution is 2.39. The number of aromatic amines is 1. The van der Waals surface area contributed by atoms with Crippen LogP contribution in [-0.4, -0.2) is 62.9 Å². The van der Waals surface area contributed by atoms with E-state index >= 15 is 0 Å². The molecular weight excluding hydrogens is 460 g/mol. The van der Waals surface area contributed by atoms with Gasteiger partial charge < -0.3 is 34.5 Å². The minimum Gasteiger partial charge on any atom is -0.507 e. The molecular formula is C25H21ClN2O6. The van der Waals surface area contributed by atoms with E-state index in [1.54, 1.807) is 12.1 Å². The van der Waals surface area contributed by atoms with Gasteiger partial charge in [-0.25, -0.2) is 0 Å². The number of halogens is 1. The first-order chi connectivity index (χ1) is 16.5. The number of benzene rings is 3. The second-order valence-corrected chi connectivity index (χ2v) is 8.87. The molecule has 0 amide bonds. The fraction of sp³-hybridized carbons (Fsp3) is 0.240. The number of hydrogen-bond acceptors (Lipinski definition) is 7. The van der Waals surface area contributed by atoms with Gasteiger partial charge in [-0.3, -0.25) is 0 Å². The number of phenols is 2. The van der Waals surface area contributed by atoms with E-state index in [-0.39, 0.29) is 36.4 Å². The van der Waals surface area contributed by atoms with Gasteiger partial charge in [0.25, 0.3) is 6.01 Å². The average molecular weight is 481 g/mol. The number of H-pyrrole nitrogens is 1. The molecule has 2 aliphatic rings. The average Bonchev–Trinajstić information content (AvgIpc) is 3.50. The quantitative estimate of drug-likeness (QED) is 0.350. The summed E-state index contributed by atoms with van der Waals surface area (Å²) in [6.07, 6.45) is -1.71. The maximum Gasteiger partial charge on any atom is 0.295 e. The Morgan fingerprint density at radius 3 is 2.41 bits per heavy atom. The van der Waals surface area contributed by atoms with Crippen LogP contribution in [0.1, 0.15) is 0 Å². The molecule has 6 rings (SSSR count). The number of fused-ring (bicyclic) bond motifs is 2. The molecule has 1 aromatic heterocycles. The molecule has 0 saturated carbocycles. The summed E-state index contributed by atoms with van der Waals surface area (Å²) in [6, 6.07) is 16.0. The lowest BCUT2D eigenvalue weighted by molar-refractivity contribution is 0.00706. The zero-order valence-electron chi connectivity index (χ0n) is 17.8. The van der Waals surface area contributed by atoms with Crippen molar-refractivity contribution in [1.29, 1.82) is 0 Å². The smallest absolute Gasteiger partial charge is 0.295 e. The highest BCUT2D eigenvalue weighted by atomic mass is 35.5. The summed E-state index contributed by atoms with van der Waals surface area (Å²) >= 11 is 6.58. The van der Waals surface area contributed by atoms with Crippen LogP contribution in [0, 0.1) is 0 Å². The Balaban J connectivity index is 1.27. The van der Waals surface area contributed by atoms with Crippen LogP contribution in [0.25, 0.3) is 33.3 Å². The maximum atomic E-state index is 10.1. The maximum absolute atomic E-state index is 10.1. The van der Waals surface area contributed by atoms with Crippen LogP contribution in [-0.2, 0) is 9.47 Å². The molecule has 2 saturated heterocycles. The van der Waals surface area contributed by atoms with E-state index in [9.17, 15) is 15.3 Å².